The third kappa shape index (κ3) is 3.02. The van der Waals surface area contributed by atoms with Crippen molar-refractivity contribution in [2.75, 3.05) is 6.61 Å². The first-order chi connectivity index (χ1) is 9.92. The Balaban J connectivity index is 1.72. The number of aromatic nitrogens is 2. The van der Waals surface area contributed by atoms with E-state index >= 15 is 0 Å². The molecule has 0 spiro atoms. The monoisotopic (exact) mass is 306 g/mol. The van der Waals surface area contributed by atoms with Crippen LogP contribution in [0, 0.1) is 16.7 Å². The molecule has 1 aliphatic carbocycles. The van der Waals surface area contributed by atoms with Gasteiger partial charge in [-0.15, -0.1) is 11.3 Å². The summed E-state index contributed by atoms with van der Waals surface area (Å²) in [6.45, 7) is 7.31. The van der Waals surface area contributed by atoms with Gasteiger partial charge < -0.3 is 5.11 Å². The molecule has 4 heteroatoms. The van der Waals surface area contributed by atoms with Crippen molar-refractivity contribution < 1.29 is 5.11 Å². The Bertz CT molecular complexity index is 571. The Hall–Kier alpha value is -0.870. The molecule has 116 valence electrons. The summed E-state index contributed by atoms with van der Waals surface area (Å²) in [4.78, 5) is 5.75. The summed E-state index contributed by atoms with van der Waals surface area (Å²) in [5.74, 6) is 0.780. The Kier molecular flexibility index (Phi) is 3.87. The average molecular weight is 306 g/mol. The highest BCUT2D eigenvalue weighted by Crippen LogP contribution is 2.46. The molecule has 1 aliphatic rings. The van der Waals surface area contributed by atoms with Crippen LogP contribution in [-0.4, -0.2) is 21.1 Å². The highest BCUT2D eigenvalue weighted by Gasteiger charge is 2.38. The number of hydrogen-bond donors (Lipinski definition) is 1. The summed E-state index contributed by atoms with van der Waals surface area (Å²) in [6, 6.07) is 0. The maximum Gasteiger partial charge on any atom is 0.193 e. The van der Waals surface area contributed by atoms with Gasteiger partial charge in [0.15, 0.2) is 4.96 Å². The molecule has 2 aromatic rings. The van der Waals surface area contributed by atoms with Crippen LogP contribution in [0.5, 0.6) is 0 Å². The molecule has 0 radical (unpaired) electrons. The number of aliphatic hydroxyl groups is 1. The Morgan fingerprint density at radius 3 is 2.67 bits per heavy atom. The van der Waals surface area contributed by atoms with Crippen LogP contribution in [0.1, 0.15) is 52.1 Å². The van der Waals surface area contributed by atoms with Crippen molar-refractivity contribution >= 4 is 16.3 Å². The van der Waals surface area contributed by atoms with E-state index in [9.17, 15) is 5.11 Å². The van der Waals surface area contributed by atoms with Crippen molar-refractivity contribution in [3.63, 3.8) is 0 Å². The van der Waals surface area contributed by atoms with E-state index in [1.165, 1.54) is 12.8 Å². The molecule has 3 nitrogen and oxygen atoms in total. The van der Waals surface area contributed by atoms with Crippen molar-refractivity contribution in [2.24, 2.45) is 16.7 Å². The second kappa shape index (κ2) is 5.40. The predicted molar refractivity (Wildman–Crippen MR) is 87.7 cm³/mol. The lowest BCUT2D eigenvalue weighted by atomic mass is 9.63. The van der Waals surface area contributed by atoms with E-state index in [1.54, 1.807) is 11.3 Å². The van der Waals surface area contributed by atoms with Crippen LogP contribution >= 0.6 is 11.3 Å². The molecule has 0 aliphatic heterocycles. The highest BCUT2D eigenvalue weighted by molar-refractivity contribution is 7.15. The molecule has 21 heavy (non-hydrogen) atoms. The summed E-state index contributed by atoms with van der Waals surface area (Å²) in [5, 5.41) is 12.0. The smallest absolute Gasteiger partial charge is 0.193 e. The van der Waals surface area contributed by atoms with Gasteiger partial charge in [-0.3, -0.25) is 4.40 Å². The summed E-state index contributed by atoms with van der Waals surface area (Å²) < 4.78 is 2.09. The lowest BCUT2D eigenvalue weighted by molar-refractivity contribution is 0.0363. The minimum atomic E-state index is 0.0474. The van der Waals surface area contributed by atoms with E-state index in [0.717, 1.165) is 35.8 Å². The van der Waals surface area contributed by atoms with Gasteiger partial charge in [0.05, 0.1) is 5.69 Å². The van der Waals surface area contributed by atoms with E-state index in [-0.39, 0.29) is 12.0 Å². The van der Waals surface area contributed by atoms with Crippen LogP contribution in [0.2, 0.25) is 0 Å². The zero-order chi connectivity index (χ0) is 15.1. The fourth-order valence-corrected chi connectivity index (χ4v) is 4.45. The first-order valence-corrected chi connectivity index (χ1v) is 8.82. The van der Waals surface area contributed by atoms with Crippen molar-refractivity contribution in [1.29, 1.82) is 0 Å². The molecule has 0 atom stereocenters. The van der Waals surface area contributed by atoms with Crippen LogP contribution < -0.4 is 0 Å². The minimum absolute atomic E-state index is 0.0474. The number of imidazole rings is 1. The number of hydrogen-bond acceptors (Lipinski definition) is 3. The highest BCUT2D eigenvalue weighted by atomic mass is 32.1. The van der Waals surface area contributed by atoms with Crippen molar-refractivity contribution in [3.05, 3.63) is 23.5 Å². The van der Waals surface area contributed by atoms with Crippen molar-refractivity contribution in [2.45, 2.75) is 52.9 Å². The van der Waals surface area contributed by atoms with Crippen molar-refractivity contribution in [3.8, 4) is 0 Å². The molecule has 0 amide bonds. The first-order valence-electron chi connectivity index (χ1n) is 7.94. The van der Waals surface area contributed by atoms with Gasteiger partial charge in [-0.2, -0.15) is 0 Å². The number of fused-ring (bicyclic) bond motifs is 1. The molecule has 1 N–H and O–H groups in total. The topological polar surface area (TPSA) is 37.5 Å². The van der Waals surface area contributed by atoms with Crippen molar-refractivity contribution in [1.82, 2.24) is 9.38 Å². The largest absolute Gasteiger partial charge is 0.396 e. The molecular weight excluding hydrogens is 280 g/mol. The maximum absolute atomic E-state index is 9.99. The van der Waals surface area contributed by atoms with Crippen LogP contribution in [0.15, 0.2) is 17.8 Å². The zero-order valence-electron chi connectivity index (χ0n) is 13.3. The van der Waals surface area contributed by atoms with E-state index in [2.05, 4.69) is 42.9 Å². The van der Waals surface area contributed by atoms with E-state index < -0.39 is 0 Å². The quantitative estimate of drug-likeness (QED) is 0.925. The number of nitrogens with zero attached hydrogens (tertiary/aromatic N) is 2. The second-order valence-corrected chi connectivity index (χ2v) is 8.67. The van der Waals surface area contributed by atoms with Gasteiger partial charge in [0.1, 0.15) is 0 Å². The molecule has 0 unspecified atom stereocenters. The summed E-state index contributed by atoms with van der Waals surface area (Å²) in [6.07, 6.45) is 9.79. The van der Waals surface area contributed by atoms with Gasteiger partial charge in [-0.05, 0) is 48.9 Å². The molecule has 0 saturated heterocycles. The minimum Gasteiger partial charge on any atom is -0.396 e. The number of aliphatic hydroxyl groups excluding tert-OH is 1. The van der Waals surface area contributed by atoms with Crippen LogP contribution in [-0.2, 0) is 6.42 Å². The fourth-order valence-electron chi connectivity index (χ4n) is 3.73. The SMILES string of the molecule is CC(C)(C)C1CCC(CO)(Cc2cn3ccsc3n2)CC1. The lowest BCUT2D eigenvalue weighted by Crippen LogP contribution is -2.36. The first kappa shape index (κ1) is 15.0. The third-order valence-corrected chi connectivity index (χ3v) is 6.08. The standard InChI is InChI=1S/C17H26N2OS/c1-16(2,3)13-4-6-17(12-20,7-5-13)10-14-11-19-8-9-21-15(19)18-14/h8-9,11,13,20H,4-7,10,12H2,1-3H3. The fraction of sp³-hybridized carbons (Fsp3) is 0.706. The molecule has 0 bridgehead atoms. The molecule has 2 heterocycles. The molecule has 2 aromatic heterocycles. The average Bonchev–Trinajstić information content (AvgIpc) is 2.99. The Labute approximate surface area is 131 Å². The van der Waals surface area contributed by atoms with Crippen LogP contribution in [0.25, 0.3) is 4.96 Å². The number of rotatable bonds is 3. The summed E-state index contributed by atoms with van der Waals surface area (Å²) >= 11 is 1.67. The molecule has 1 fully saturated rings. The maximum atomic E-state index is 9.99. The number of thiazole rings is 1. The van der Waals surface area contributed by atoms with Gasteiger partial charge in [-0.1, -0.05) is 20.8 Å². The lowest BCUT2D eigenvalue weighted by Gasteiger charge is -2.43. The molecular formula is C17H26N2OS. The normalized spacial score (nSPS) is 27.3. The van der Waals surface area contributed by atoms with Gasteiger partial charge in [0.25, 0.3) is 0 Å². The molecule has 3 rings (SSSR count). The van der Waals surface area contributed by atoms with Gasteiger partial charge in [-0.25, -0.2) is 4.98 Å². The Morgan fingerprint density at radius 1 is 1.38 bits per heavy atom. The van der Waals surface area contributed by atoms with Crippen LogP contribution in [0.3, 0.4) is 0 Å². The molecule has 1 saturated carbocycles. The Morgan fingerprint density at radius 2 is 2.10 bits per heavy atom. The summed E-state index contributed by atoms with van der Waals surface area (Å²) in [5.41, 5.74) is 1.56. The van der Waals surface area contributed by atoms with Gasteiger partial charge in [0.2, 0.25) is 0 Å². The van der Waals surface area contributed by atoms with E-state index in [0.29, 0.717) is 5.41 Å². The second-order valence-electron chi connectivity index (χ2n) is 7.80. The van der Waals surface area contributed by atoms with E-state index in [4.69, 9.17) is 4.98 Å². The predicted octanol–water partition coefficient (Wildman–Crippen LogP) is 4.15. The van der Waals surface area contributed by atoms with E-state index in [1.807, 2.05) is 0 Å². The third-order valence-electron chi connectivity index (χ3n) is 5.31. The van der Waals surface area contributed by atoms with Crippen LogP contribution in [0.4, 0.5) is 0 Å². The molecule has 0 aromatic carbocycles. The van der Waals surface area contributed by atoms with Gasteiger partial charge >= 0.3 is 0 Å². The summed E-state index contributed by atoms with van der Waals surface area (Å²) in [7, 11) is 0. The zero-order valence-corrected chi connectivity index (χ0v) is 14.1. The van der Waals surface area contributed by atoms with Gasteiger partial charge in [0, 0.05) is 24.4 Å².